The molecule has 3 aromatic carbocycles. The summed E-state index contributed by atoms with van der Waals surface area (Å²) in [6, 6.07) is 25.2. The zero-order valence-electron chi connectivity index (χ0n) is 13.8. The van der Waals surface area contributed by atoms with Gasteiger partial charge < -0.3 is 0 Å². The number of nitrogens with zero attached hydrogens (tertiary/aromatic N) is 3. The number of hydrogen-bond donors (Lipinski definition) is 1. The summed E-state index contributed by atoms with van der Waals surface area (Å²) < 4.78 is 0. The van der Waals surface area contributed by atoms with E-state index < -0.39 is 0 Å². The molecule has 0 radical (unpaired) electrons. The first kappa shape index (κ1) is 16.2. The number of anilines is 1. The Labute approximate surface area is 156 Å². The van der Waals surface area contributed by atoms with Gasteiger partial charge in [0.1, 0.15) is 0 Å². The highest BCUT2D eigenvalue weighted by Crippen LogP contribution is 2.25. The number of para-hydroxylation sites is 1. The molecule has 26 heavy (non-hydrogen) atoms. The molecule has 0 amide bonds. The second-order valence-electron chi connectivity index (χ2n) is 5.70. The van der Waals surface area contributed by atoms with Crippen LogP contribution >= 0.6 is 11.6 Å². The summed E-state index contributed by atoms with van der Waals surface area (Å²) in [6.07, 6.45) is 1.76. The fourth-order valence-corrected chi connectivity index (χ4v) is 2.72. The van der Waals surface area contributed by atoms with Crippen molar-refractivity contribution >= 4 is 34.5 Å². The van der Waals surface area contributed by atoms with Gasteiger partial charge in [0.25, 0.3) is 0 Å². The van der Waals surface area contributed by atoms with Crippen LogP contribution in [0.15, 0.2) is 84.0 Å². The maximum Gasteiger partial charge on any atom is 0.162 e. The monoisotopic (exact) mass is 358 g/mol. The molecule has 0 spiro atoms. The molecule has 1 N–H and O–H groups in total. The minimum atomic E-state index is 0.623. The molecule has 4 rings (SSSR count). The van der Waals surface area contributed by atoms with Gasteiger partial charge in [-0.1, -0.05) is 54.1 Å². The van der Waals surface area contributed by atoms with Crippen LogP contribution in [-0.2, 0) is 0 Å². The van der Waals surface area contributed by atoms with Crippen molar-refractivity contribution in [1.82, 2.24) is 9.97 Å². The lowest BCUT2D eigenvalue weighted by Crippen LogP contribution is -1.99. The van der Waals surface area contributed by atoms with E-state index in [1.54, 1.807) is 6.21 Å². The van der Waals surface area contributed by atoms with Gasteiger partial charge in [-0.2, -0.15) is 5.10 Å². The van der Waals surface area contributed by atoms with Crippen molar-refractivity contribution < 1.29 is 0 Å². The van der Waals surface area contributed by atoms with Crippen LogP contribution in [0.2, 0.25) is 5.02 Å². The van der Waals surface area contributed by atoms with E-state index in [0.717, 1.165) is 22.0 Å². The van der Waals surface area contributed by atoms with E-state index in [1.807, 2.05) is 78.9 Å². The summed E-state index contributed by atoms with van der Waals surface area (Å²) >= 11 is 5.98. The van der Waals surface area contributed by atoms with Crippen molar-refractivity contribution in [1.29, 1.82) is 0 Å². The summed E-state index contributed by atoms with van der Waals surface area (Å²) in [7, 11) is 0. The van der Waals surface area contributed by atoms with Crippen molar-refractivity contribution in [2.24, 2.45) is 5.10 Å². The van der Waals surface area contributed by atoms with Gasteiger partial charge in [0, 0.05) is 16.0 Å². The Hall–Kier alpha value is -3.24. The van der Waals surface area contributed by atoms with E-state index in [2.05, 4.69) is 20.5 Å². The molecular weight excluding hydrogens is 344 g/mol. The summed E-state index contributed by atoms with van der Waals surface area (Å²) in [5.41, 5.74) is 5.81. The first-order valence-electron chi connectivity index (χ1n) is 8.16. The average molecular weight is 359 g/mol. The smallest absolute Gasteiger partial charge is 0.162 e. The van der Waals surface area contributed by atoms with Gasteiger partial charge in [-0.25, -0.2) is 9.97 Å². The van der Waals surface area contributed by atoms with Crippen LogP contribution in [0.25, 0.3) is 22.3 Å². The number of fused-ring (bicyclic) bond motifs is 1. The SMILES string of the molecule is Clc1ccc(-c2nc(NN=Cc3ccccc3)c3ccccc3n2)cc1. The Morgan fingerprint density at radius 1 is 0.808 bits per heavy atom. The number of halogens is 1. The highest BCUT2D eigenvalue weighted by molar-refractivity contribution is 6.30. The third-order valence-electron chi connectivity index (χ3n) is 3.89. The largest absolute Gasteiger partial charge is 0.261 e. The van der Waals surface area contributed by atoms with E-state index in [-0.39, 0.29) is 0 Å². The molecule has 1 aromatic heterocycles. The lowest BCUT2D eigenvalue weighted by Gasteiger charge is -2.08. The zero-order chi connectivity index (χ0) is 17.8. The van der Waals surface area contributed by atoms with Gasteiger partial charge in [-0.05, 0) is 42.0 Å². The number of hydrogen-bond acceptors (Lipinski definition) is 4. The molecule has 0 atom stereocenters. The van der Waals surface area contributed by atoms with E-state index >= 15 is 0 Å². The molecule has 0 aliphatic rings. The minimum absolute atomic E-state index is 0.623. The number of hydrazone groups is 1. The van der Waals surface area contributed by atoms with Gasteiger partial charge in [0.15, 0.2) is 11.6 Å². The van der Waals surface area contributed by atoms with Crippen LogP contribution in [0.5, 0.6) is 0 Å². The van der Waals surface area contributed by atoms with Crippen LogP contribution in [0.4, 0.5) is 5.82 Å². The second kappa shape index (κ2) is 7.33. The lowest BCUT2D eigenvalue weighted by molar-refractivity contribution is 1.19. The molecular formula is C21H15ClN4. The summed E-state index contributed by atoms with van der Waals surface area (Å²) in [5.74, 6) is 1.28. The Balaban J connectivity index is 1.72. The second-order valence-corrected chi connectivity index (χ2v) is 6.14. The van der Waals surface area contributed by atoms with Crippen LogP contribution in [0.1, 0.15) is 5.56 Å². The topological polar surface area (TPSA) is 50.2 Å². The molecule has 0 saturated heterocycles. The Morgan fingerprint density at radius 2 is 1.54 bits per heavy atom. The molecule has 4 aromatic rings. The molecule has 0 saturated carbocycles. The van der Waals surface area contributed by atoms with Crippen LogP contribution in [0, 0.1) is 0 Å². The lowest BCUT2D eigenvalue weighted by atomic mass is 10.2. The van der Waals surface area contributed by atoms with E-state index in [0.29, 0.717) is 16.7 Å². The van der Waals surface area contributed by atoms with Gasteiger partial charge >= 0.3 is 0 Å². The van der Waals surface area contributed by atoms with Crippen LogP contribution in [-0.4, -0.2) is 16.2 Å². The standard InChI is InChI=1S/C21H15ClN4/c22-17-12-10-16(11-13-17)20-24-19-9-5-4-8-18(19)21(25-20)26-23-14-15-6-2-1-3-7-15/h1-14H,(H,24,25,26). The average Bonchev–Trinajstić information content (AvgIpc) is 2.69. The van der Waals surface area contributed by atoms with Crippen molar-refractivity contribution in [3.8, 4) is 11.4 Å². The first-order chi connectivity index (χ1) is 12.8. The van der Waals surface area contributed by atoms with Crippen molar-refractivity contribution in [2.45, 2.75) is 0 Å². The highest BCUT2D eigenvalue weighted by Gasteiger charge is 2.08. The Kier molecular flexibility index (Phi) is 4.58. The fraction of sp³-hybridized carbons (Fsp3) is 0. The summed E-state index contributed by atoms with van der Waals surface area (Å²) in [4.78, 5) is 9.31. The number of nitrogens with one attached hydrogen (secondary N) is 1. The van der Waals surface area contributed by atoms with Crippen molar-refractivity contribution in [3.63, 3.8) is 0 Å². The zero-order valence-corrected chi connectivity index (χ0v) is 14.6. The molecule has 126 valence electrons. The minimum Gasteiger partial charge on any atom is -0.261 e. The molecule has 0 aliphatic heterocycles. The summed E-state index contributed by atoms with van der Waals surface area (Å²) in [6.45, 7) is 0. The predicted molar refractivity (Wildman–Crippen MR) is 108 cm³/mol. The van der Waals surface area contributed by atoms with Crippen molar-refractivity contribution in [2.75, 3.05) is 5.43 Å². The van der Waals surface area contributed by atoms with Gasteiger partial charge in [0.05, 0.1) is 11.7 Å². The first-order valence-corrected chi connectivity index (χ1v) is 8.54. The molecule has 0 fully saturated rings. The molecule has 1 heterocycles. The summed E-state index contributed by atoms with van der Waals surface area (Å²) in [5, 5.41) is 5.92. The number of rotatable bonds is 4. The maximum absolute atomic E-state index is 5.98. The van der Waals surface area contributed by atoms with Gasteiger partial charge in [-0.15, -0.1) is 0 Å². The van der Waals surface area contributed by atoms with Crippen molar-refractivity contribution in [3.05, 3.63) is 89.4 Å². The maximum atomic E-state index is 5.98. The normalized spacial score (nSPS) is 11.1. The van der Waals surface area contributed by atoms with Crippen LogP contribution < -0.4 is 5.43 Å². The highest BCUT2D eigenvalue weighted by atomic mass is 35.5. The molecule has 0 unspecified atom stereocenters. The quantitative estimate of drug-likeness (QED) is 0.392. The fourth-order valence-electron chi connectivity index (χ4n) is 2.60. The predicted octanol–water partition coefficient (Wildman–Crippen LogP) is 5.40. The molecule has 4 nitrogen and oxygen atoms in total. The number of aromatic nitrogens is 2. The third kappa shape index (κ3) is 3.55. The third-order valence-corrected chi connectivity index (χ3v) is 4.14. The Morgan fingerprint density at radius 3 is 2.35 bits per heavy atom. The van der Waals surface area contributed by atoms with Gasteiger partial charge in [-0.3, -0.25) is 5.43 Å². The van der Waals surface area contributed by atoms with Gasteiger partial charge in [0.2, 0.25) is 0 Å². The molecule has 0 aliphatic carbocycles. The molecule has 0 bridgehead atoms. The van der Waals surface area contributed by atoms with E-state index in [9.17, 15) is 0 Å². The van der Waals surface area contributed by atoms with Crippen LogP contribution in [0.3, 0.4) is 0 Å². The van der Waals surface area contributed by atoms with E-state index in [1.165, 1.54) is 0 Å². The Bertz CT molecular complexity index is 1060. The molecule has 5 heteroatoms. The number of benzene rings is 3. The van der Waals surface area contributed by atoms with E-state index in [4.69, 9.17) is 11.6 Å².